The summed E-state index contributed by atoms with van der Waals surface area (Å²) >= 11 is 0. The number of hydrogen-bond donors (Lipinski definition) is 0. The van der Waals surface area contributed by atoms with Gasteiger partial charge in [0.15, 0.2) is 11.9 Å². The third kappa shape index (κ3) is 3.66. The Morgan fingerprint density at radius 3 is 2.61 bits per heavy atom. The van der Waals surface area contributed by atoms with Gasteiger partial charge >= 0.3 is 5.97 Å². The molecule has 1 heterocycles. The van der Waals surface area contributed by atoms with E-state index in [4.69, 9.17) is 23.7 Å². The zero-order chi connectivity index (χ0) is 13.5. The maximum Gasteiger partial charge on any atom is 0.340 e. The first-order valence-corrected chi connectivity index (χ1v) is 5.54. The highest BCUT2D eigenvalue weighted by molar-refractivity contribution is 5.75. The average Bonchev–Trinajstić information content (AvgIpc) is 2.43. The van der Waals surface area contributed by atoms with Crippen LogP contribution < -0.4 is 0 Å². The quantitative estimate of drug-likeness (QED) is 0.547. The number of rotatable bonds is 5. The molecular formula is C12H18O6. The van der Waals surface area contributed by atoms with Gasteiger partial charge in [-0.05, 0) is 13.8 Å². The Balaban J connectivity index is 2.87. The second kappa shape index (κ2) is 6.90. The van der Waals surface area contributed by atoms with Gasteiger partial charge in [0.05, 0.1) is 7.11 Å². The first kappa shape index (κ1) is 14.4. The van der Waals surface area contributed by atoms with Gasteiger partial charge in [-0.3, -0.25) is 0 Å². The summed E-state index contributed by atoms with van der Waals surface area (Å²) in [6.07, 6.45) is 0.723. The smallest absolute Gasteiger partial charge is 0.340 e. The molecule has 1 rings (SSSR count). The fourth-order valence-corrected chi connectivity index (χ4v) is 1.16. The van der Waals surface area contributed by atoms with E-state index in [2.05, 4.69) is 0 Å². The van der Waals surface area contributed by atoms with Crippen molar-refractivity contribution in [2.45, 2.75) is 20.0 Å². The summed E-state index contributed by atoms with van der Waals surface area (Å²) in [6, 6.07) is 0. The minimum atomic E-state index is -0.672. The monoisotopic (exact) mass is 258 g/mol. The van der Waals surface area contributed by atoms with Crippen molar-refractivity contribution in [1.29, 1.82) is 0 Å². The Morgan fingerprint density at radius 2 is 2.11 bits per heavy atom. The van der Waals surface area contributed by atoms with E-state index in [9.17, 15) is 4.79 Å². The molecule has 1 atom stereocenters. The highest BCUT2D eigenvalue weighted by Crippen LogP contribution is 2.21. The van der Waals surface area contributed by atoms with Gasteiger partial charge in [-0.15, -0.1) is 0 Å². The number of methoxy groups -OCH3 is 2. The minimum absolute atomic E-state index is 0.200. The summed E-state index contributed by atoms with van der Waals surface area (Å²) in [5, 5.41) is 0. The van der Waals surface area contributed by atoms with Crippen molar-refractivity contribution in [3.8, 4) is 0 Å². The molecule has 102 valence electrons. The zero-order valence-electron chi connectivity index (χ0n) is 11.0. The van der Waals surface area contributed by atoms with Crippen LogP contribution in [0, 0.1) is 0 Å². The third-order valence-electron chi connectivity index (χ3n) is 2.39. The normalized spacial score (nSPS) is 17.7. The maximum absolute atomic E-state index is 11.7. The van der Waals surface area contributed by atoms with Gasteiger partial charge < -0.3 is 23.7 Å². The van der Waals surface area contributed by atoms with Crippen LogP contribution in [0.5, 0.6) is 0 Å². The van der Waals surface area contributed by atoms with Crippen LogP contribution in [0.4, 0.5) is 0 Å². The van der Waals surface area contributed by atoms with E-state index in [1.165, 1.54) is 20.5 Å². The molecule has 6 heteroatoms. The molecule has 0 radical (unpaired) electrons. The molecule has 0 aliphatic carbocycles. The van der Waals surface area contributed by atoms with Gasteiger partial charge in [0.1, 0.15) is 25.2 Å². The summed E-state index contributed by atoms with van der Waals surface area (Å²) in [5.74, 6) is 0.422. The highest BCUT2D eigenvalue weighted by Gasteiger charge is 2.23. The van der Waals surface area contributed by atoms with Crippen molar-refractivity contribution >= 4 is 5.97 Å². The van der Waals surface area contributed by atoms with Gasteiger partial charge in [0, 0.05) is 7.11 Å². The van der Waals surface area contributed by atoms with Crippen LogP contribution >= 0.6 is 0 Å². The Hall–Kier alpha value is -1.69. The SMILES string of the molecule is CO/C(C)=C(/OC(=O)C(C)OC)C1=COCCO1. The van der Waals surface area contributed by atoms with E-state index in [0.29, 0.717) is 24.7 Å². The summed E-state index contributed by atoms with van der Waals surface area (Å²) < 4.78 is 25.6. The van der Waals surface area contributed by atoms with Crippen LogP contribution in [0.15, 0.2) is 23.5 Å². The van der Waals surface area contributed by atoms with Gasteiger partial charge in [0.25, 0.3) is 0 Å². The molecule has 0 bridgehead atoms. The van der Waals surface area contributed by atoms with Gasteiger partial charge in [-0.2, -0.15) is 0 Å². The van der Waals surface area contributed by atoms with Gasteiger partial charge in [-0.25, -0.2) is 4.79 Å². The fourth-order valence-electron chi connectivity index (χ4n) is 1.16. The van der Waals surface area contributed by atoms with Crippen LogP contribution in [0.25, 0.3) is 0 Å². The van der Waals surface area contributed by atoms with Gasteiger partial charge in [0.2, 0.25) is 5.76 Å². The Bertz CT molecular complexity index is 358. The van der Waals surface area contributed by atoms with E-state index in [1.807, 2.05) is 0 Å². The number of carbonyl (C=O) groups excluding carboxylic acids is 1. The largest absolute Gasteiger partial charge is 0.497 e. The van der Waals surface area contributed by atoms with E-state index in [-0.39, 0.29) is 5.76 Å². The van der Waals surface area contributed by atoms with Crippen LogP contribution in [0.1, 0.15) is 13.8 Å². The molecule has 0 fully saturated rings. The Morgan fingerprint density at radius 1 is 1.39 bits per heavy atom. The van der Waals surface area contributed by atoms with Crippen molar-refractivity contribution in [3.63, 3.8) is 0 Å². The first-order valence-electron chi connectivity index (χ1n) is 5.54. The lowest BCUT2D eigenvalue weighted by Gasteiger charge is -2.20. The molecule has 0 aromatic carbocycles. The predicted octanol–water partition coefficient (Wildman–Crippen LogP) is 1.33. The topological polar surface area (TPSA) is 63.2 Å². The van der Waals surface area contributed by atoms with E-state index in [1.54, 1.807) is 13.8 Å². The molecule has 0 amide bonds. The summed E-state index contributed by atoms with van der Waals surface area (Å²) in [6.45, 7) is 4.11. The second-order valence-corrected chi connectivity index (χ2v) is 3.59. The summed E-state index contributed by atoms with van der Waals surface area (Å²) in [4.78, 5) is 11.7. The van der Waals surface area contributed by atoms with Crippen molar-refractivity contribution in [2.75, 3.05) is 27.4 Å². The molecule has 6 nitrogen and oxygen atoms in total. The molecule has 1 unspecified atom stereocenters. The van der Waals surface area contributed by atoms with E-state index >= 15 is 0 Å². The summed E-state index contributed by atoms with van der Waals surface area (Å²) in [7, 11) is 2.91. The van der Waals surface area contributed by atoms with Crippen LogP contribution in [-0.4, -0.2) is 39.5 Å². The van der Waals surface area contributed by atoms with Crippen LogP contribution in [-0.2, 0) is 28.5 Å². The Labute approximate surface area is 106 Å². The molecule has 18 heavy (non-hydrogen) atoms. The standard InChI is InChI=1S/C12H18O6/c1-8(14-3)11(10-7-16-5-6-17-10)18-12(13)9(2)15-4/h7,9H,5-6H2,1-4H3/b11-8+. The van der Waals surface area contributed by atoms with Gasteiger partial charge in [-0.1, -0.05) is 0 Å². The number of hydrogen-bond acceptors (Lipinski definition) is 6. The molecule has 1 aliphatic rings. The number of ether oxygens (including phenoxy) is 5. The molecule has 0 N–H and O–H groups in total. The average molecular weight is 258 g/mol. The lowest BCUT2D eigenvalue weighted by Crippen LogP contribution is -2.24. The molecule has 0 saturated carbocycles. The fraction of sp³-hybridized carbons (Fsp3) is 0.583. The number of carbonyl (C=O) groups is 1. The second-order valence-electron chi connectivity index (χ2n) is 3.59. The molecule has 0 aromatic rings. The van der Waals surface area contributed by atoms with Crippen molar-refractivity contribution in [3.05, 3.63) is 23.5 Å². The molecule has 0 saturated heterocycles. The maximum atomic E-state index is 11.7. The lowest BCUT2D eigenvalue weighted by atomic mass is 10.3. The number of allylic oxidation sites excluding steroid dienone is 1. The van der Waals surface area contributed by atoms with E-state index in [0.717, 1.165) is 0 Å². The predicted molar refractivity (Wildman–Crippen MR) is 62.3 cm³/mol. The summed E-state index contributed by atoms with van der Waals surface area (Å²) in [5.41, 5.74) is 0. The third-order valence-corrected chi connectivity index (χ3v) is 2.39. The molecular weight excluding hydrogens is 240 g/mol. The van der Waals surface area contributed by atoms with Crippen molar-refractivity contribution in [2.24, 2.45) is 0 Å². The molecule has 1 aliphatic heterocycles. The van der Waals surface area contributed by atoms with Crippen molar-refractivity contribution in [1.82, 2.24) is 0 Å². The Kier molecular flexibility index (Phi) is 5.51. The highest BCUT2D eigenvalue weighted by atomic mass is 16.6. The minimum Gasteiger partial charge on any atom is -0.497 e. The van der Waals surface area contributed by atoms with Crippen LogP contribution in [0.2, 0.25) is 0 Å². The lowest BCUT2D eigenvalue weighted by molar-refractivity contribution is -0.150. The van der Waals surface area contributed by atoms with Crippen LogP contribution in [0.3, 0.4) is 0 Å². The molecule has 0 aromatic heterocycles. The van der Waals surface area contributed by atoms with E-state index < -0.39 is 12.1 Å². The molecule has 0 spiro atoms. The first-order chi connectivity index (χ1) is 8.60. The number of esters is 1. The zero-order valence-corrected chi connectivity index (χ0v) is 11.0. The van der Waals surface area contributed by atoms with Crippen molar-refractivity contribution < 1.29 is 28.5 Å².